The van der Waals surface area contributed by atoms with E-state index < -0.39 is 0 Å². The zero-order valence-corrected chi connectivity index (χ0v) is 12.6. The van der Waals surface area contributed by atoms with Crippen molar-refractivity contribution in [1.29, 1.82) is 0 Å². The van der Waals surface area contributed by atoms with Crippen LogP contribution in [-0.4, -0.2) is 36.5 Å². The number of hydrogen-bond donors (Lipinski definition) is 1. The largest absolute Gasteiger partial charge is 0.350 e. The Hall–Kier alpha value is -2.18. The van der Waals surface area contributed by atoms with Crippen molar-refractivity contribution in [3.63, 3.8) is 0 Å². The van der Waals surface area contributed by atoms with Crippen LogP contribution in [0, 0.1) is 20.8 Å². The summed E-state index contributed by atoms with van der Waals surface area (Å²) in [6.07, 6.45) is 1.76. The van der Waals surface area contributed by atoms with Gasteiger partial charge in [0.25, 0.3) is 0 Å². The monoisotopic (exact) mass is 288 g/mol. The van der Waals surface area contributed by atoms with E-state index in [1.807, 2.05) is 26.8 Å². The molecule has 2 aromatic heterocycles. The van der Waals surface area contributed by atoms with Crippen molar-refractivity contribution in [2.45, 2.75) is 52.7 Å². The molecule has 3 heterocycles. The Labute approximate surface area is 123 Å². The van der Waals surface area contributed by atoms with Gasteiger partial charge in [-0.05, 0) is 33.3 Å². The topological polar surface area (TPSA) is 77.6 Å². The summed E-state index contributed by atoms with van der Waals surface area (Å²) in [6, 6.07) is 2.11. The molecule has 0 fully saturated rings. The van der Waals surface area contributed by atoms with Crippen molar-refractivity contribution in [3.8, 4) is 0 Å². The molecule has 21 heavy (non-hydrogen) atoms. The average molecular weight is 288 g/mol. The standard InChI is InChI=1S/C14H20N6O/c1-9-6-10(2)20(18-9)8-14(21)15-12-4-5-13-17-16-11(3)19(13)7-12/h6,12H,4-5,7-8H2,1-3H3,(H,15,21)/t12-/m0/s1. The molecule has 0 unspecified atom stereocenters. The predicted molar refractivity (Wildman–Crippen MR) is 76.7 cm³/mol. The van der Waals surface area contributed by atoms with Gasteiger partial charge < -0.3 is 9.88 Å². The number of amides is 1. The van der Waals surface area contributed by atoms with Crippen LogP contribution in [0.2, 0.25) is 0 Å². The second-order valence-corrected chi connectivity index (χ2v) is 5.66. The van der Waals surface area contributed by atoms with E-state index in [4.69, 9.17) is 0 Å². The lowest BCUT2D eigenvalue weighted by Gasteiger charge is -2.25. The fraction of sp³-hybridized carbons (Fsp3) is 0.571. The molecule has 1 atom stereocenters. The number of aromatic nitrogens is 5. The zero-order chi connectivity index (χ0) is 15.0. The van der Waals surface area contributed by atoms with Crippen LogP contribution in [0.4, 0.5) is 0 Å². The summed E-state index contributed by atoms with van der Waals surface area (Å²) >= 11 is 0. The highest BCUT2D eigenvalue weighted by Crippen LogP contribution is 2.14. The molecule has 0 radical (unpaired) electrons. The fourth-order valence-corrected chi connectivity index (χ4v) is 2.82. The maximum absolute atomic E-state index is 12.2. The fourth-order valence-electron chi connectivity index (χ4n) is 2.82. The van der Waals surface area contributed by atoms with Crippen LogP contribution >= 0.6 is 0 Å². The molecule has 3 rings (SSSR count). The first kappa shape index (κ1) is 13.8. The Balaban J connectivity index is 1.61. The highest BCUT2D eigenvalue weighted by molar-refractivity contribution is 5.76. The summed E-state index contributed by atoms with van der Waals surface area (Å²) in [7, 11) is 0. The minimum atomic E-state index is 0.000350. The van der Waals surface area contributed by atoms with Gasteiger partial charge in [-0.25, -0.2) is 0 Å². The Morgan fingerprint density at radius 3 is 2.90 bits per heavy atom. The lowest BCUT2D eigenvalue weighted by atomic mass is 10.1. The minimum Gasteiger partial charge on any atom is -0.350 e. The van der Waals surface area contributed by atoms with Crippen molar-refractivity contribution in [2.24, 2.45) is 0 Å². The van der Waals surface area contributed by atoms with Crippen LogP contribution < -0.4 is 5.32 Å². The molecule has 1 amide bonds. The molecule has 0 saturated carbocycles. The van der Waals surface area contributed by atoms with Crippen LogP contribution in [0.5, 0.6) is 0 Å². The highest BCUT2D eigenvalue weighted by atomic mass is 16.2. The predicted octanol–water partition coefficient (Wildman–Crippen LogP) is 0.531. The van der Waals surface area contributed by atoms with Gasteiger partial charge in [-0.3, -0.25) is 9.48 Å². The van der Waals surface area contributed by atoms with Gasteiger partial charge in [-0.2, -0.15) is 5.10 Å². The third-order valence-corrected chi connectivity index (χ3v) is 3.89. The molecule has 1 aliphatic rings. The SMILES string of the molecule is Cc1cc(C)n(CC(=O)N[C@H]2CCc3nnc(C)n3C2)n1. The maximum atomic E-state index is 12.2. The summed E-state index contributed by atoms with van der Waals surface area (Å²) in [5, 5.41) is 15.6. The summed E-state index contributed by atoms with van der Waals surface area (Å²) in [6.45, 7) is 6.84. The molecule has 112 valence electrons. The van der Waals surface area contributed by atoms with E-state index in [1.54, 1.807) is 4.68 Å². The lowest BCUT2D eigenvalue weighted by molar-refractivity contribution is -0.122. The number of rotatable bonds is 3. The van der Waals surface area contributed by atoms with Crippen molar-refractivity contribution in [2.75, 3.05) is 0 Å². The number of nitrogens with one attached hydrogen (secondary N) is 1. The normalized spacial score (nSPS) is 17.6. The molecule has 1 N–H and O–H groups in total. The van der Waals surface area contributed by atoms with Gasteiger partial charge in [0.15, 0.2) is 0 Å². The first-order chi connectivity index (χ1) is 10.0. The van der Waals surface area contributed by atoms with Gasteiger partial charge in [0.1, 0.15) is 18.2 Å². The van der Waals surface area contributed by atoms with Gasteiger partial charge in [0, 0.05) is 24.7 Å². The van der Waals surface area contributed by atoms with Gasteiger partial charge >= 0.3 is 0 Å². The third kappa shape index (κ3) is 2.81. The second kappa shape index (κ2) is 5.31. The zero-order valence-electron chi connectivity index (χ0n) is 12.6. The Kier molecular flexibility index (Phi) is 3.48. The molecular weight excluding hydrogens is 268 g/mol. The van der Waals surface area contributed by atoms with Gasteiger partial charge in [-0.1, -0.05) is 0 Å². The van der Waals surface area contributed by atoms with Crippen LogP contribution in [-0.2, 0) is 24.3 Å². The highest BCUT2D eigenvalue weighted by Gasteiger charge is 2.22. The number of carbonyl (C=O) groups excluding carboxylic acids is 1. The summed E-state index contributed by atoms with van der Waals surface area (Å²) in [4.78, 5) is 12.2. The Bertz CT molecular complexity index is 671. The molecule has 7 nitrogen and oxygen atoms in total. The Morgan fingerprint density at radius 1 is 1.38 bits per heavy atom. The van der Waals surface area contributed by atoms with Crippen LogP contribution in [0.1, 0.15) is 29.5 Å². The van der Waals surface area contributed by atoms with E-state index in [0.717, 1.165) is 42.4 Å². The molecule has 1 aliphatic heterocycles. The molecule has 0 saturated heterocycles. The Morgan fingerprint density at radius 2 is 2.19 bits per heavy atom. The van der Waals surface area contributed by atoms with Crippen molar-refractivity contribution in [3.05, 3.63) is 29.1 Å². The van der Waals surface area contributed by atoms with Gasteiger partial charge in [0.05, 0.1) is 5.69 Å². The van der Waals surface area contributed by atoms with Crippen molar-refractivity contribution >= 4 is 5.91 Å². The van der Waals surface area contributed by atoms with Crippen LogP contribution in [0.3, 0.4) is 0 Å². The van der Waals surface area contributed by atoms with E-state index in [2.05, 4.69) is 25.2 Å². The average Bonchev–Trinajstić information content (AvgIpc) is 2.93. The van der Waals surface area contributed by atoms with E-state index >= 15 is 0 Å². The summed E-state index contributed by atoms with van der Waals surface area (Å²) < 4.78 is 3.82. The first-order valence-corrected chi connectivity index (χ1v) is 7.22. The molecule has 2 aromatic rings. The number of fused-ring (bicyclic) bond motifs is 1. The molecule has 0 aliphatic carbocycles. The van der Waals surface area contributed by atoms with E-state index in [1.165, 1.54) is 0 Å². The quantitative estimate of drug-likeness (QED) is 0.893. The second-order valence-electron chi connectivity index (χ2n) is 5.66. The molecule has 0 aromatic carbocycles. The summed E-state index contributed by atoms with van der Waals surface area (Å²) in [5.41, 5.74) is 1.94. The number of nitrogens with zero attached hydrogens (tertiary/aromatic N) is 5. The van der Waals surface area contributed by atoms with Gasteiger partial charge in [-0.15, -0.1) is 10.2 Å². The van der Waals surface area contributed by atoms with E-state index in [9.17, 15) is 4.79 Å². The van der Waals surface area contributed by atoms with Crippen molar-refractivity contribution < 1.29 is 4.79 Å². The molecule has 7 heteroatoms. The molecule has 0 spiro atoms. The van der Waals surface area contributed by atoms with Gasteiger partial charge in [0.2, 0.25) is 5.91 Å². The van der Waals surface area contributed by atoms with E-state index in [0.29, 0.717) is 0 Å². The lowest BCUT2D eigenvalue weighted by Crippen LogP contribution is -2.42. The minimum absolute atomic E-state index is 0.000350. The molecular formula is C14H20N6O. The maximum Gasteiger partial charge on any atom is 0.242 e. The number of aryl methyl sites for hydroxylation is 4. The van der Waals surface area contributed by atoms with Crippen LogP contribution in [0.15, 0.2) is 6.07 Å². The molecule has 0 bridgehead atoms. The number of carbonyl (C=O) groups is 1. The third-order valence-electron chi connectivity index (χ3n) is 3.89. The smallest absolute Gasteiger partial charge is 0.242 e. The number of hydrogen-bond acceptors (Lipinski definition) is 4. The van der Waals surface area contributed by atoms with Crippen molar-refractivity contribution in [1.82, 2.24) is 29.9 Å². The van der Waals surface area contributed by atoms with Crippen LogP contribution in [0.25, 0.3) is 0 Å². The van der Waals surface area contributed by atoms with E-state index in [-0.39, 0.29) is 18.5 Å². The summed E-state index contributed by atoms with van der Waals surface area (Å²) in [5.74, 6) is 1.92. The first-order valence-electron chi connectivity index (χ1n) is 7.22.